The highest BCUT2D eigenvalue weighted by atomic mass is 79.9. The molecule has 0 aliphatic rings. The summed E-state index contributed by atoms with van der Waals surface area (Å²) in [6.07, 6.45) is 1.42. The predicted octanol–water partition coefficient (Wildman–Crippen LogP) is 4.60. The van der Waals surface area contributed by atoms with E-state index in [4.69, 9.17) is 27.6 Å². The fourth-order valence-corrected chi connectivity index (χ4v) is 2.00. The summed E-state index contributed by atoms with van der Waals surface area (Å²) in [6, 6.07) is 6.39. The molecule has 0 aliphatic carbocycles. The monoisotopic (exact) mass is 333 g/mol. The third-order valence-corrected chi connectivity index (χ3v) is 3.22. The lowest BCUT2D eigenvalue weighted by Crippen LogP contribution is -2.11. The Labute approximate surface area is 116 Å². The van der Waals surface area contributed by atoms with E-state index in [1.54, 1.807) is 24.3 Å². The van der Waals surface area contributed by atoms with Gasteiger partial charge in [-0.1, -0.05) is 23.2 Å². The smallest absolute Gasteiger partial charge is 0.260 e. The molecule has 0 atom stereocenters. The van der Waals surface area contributed by atoms with Gasteiger partial charge in [0.05, 0.1) is 22.5 Å². The summed E-state index contributed by atoms with van der Waals surface area (Å²) in [4.78, 5) is 11.9. The van der Waals surface area contributed by atoms with Crippen LogP contribution in [0, 0.1) is 0 Å². The van der Waals surface area contributed by atoms with Crippen molar-refractivity contribution in [3.8, 4) is 0 Å². The quantitative estimate of drug-likeness (QED) is 0.872. The number of halogens is 3. The van der Waals surface area contributed by atoms with Crippen molar-refractivity contribution in [3.05, 3.63) is 50.8 Å². The maximum Gasteiger partial charge on any atom is 0.260 e. The minimum Gasteiger partial charge on any atom is -0.457 e. The van der Waals surface area contributed by atoms with Crippen LogP contribution in [0.1, 0.15) is 10.4 Å². The lowest BCUT2D eigenvalue weighted by atomic mass is 10.3. The van der Waals surface area contributed by atoms with Crippen molar-refractivity contribution in [2.45, 2.75) is 0 Å². The van der Waals surface area contributed by atoms with Crippen molar-refractivity contribution >= 4 is 50.7 Å². The van der Waals surface area contributed by atoms with Gasteiger partial charge < -0.3 is 9.73 Å². The molecule has 0 radical (unpaired) electrons. The topological polar surface area (TPSA) is 42.2 Å². The molecular weight excluding hydrogens is 329 g/mol. The molecule has 1 amide bonds. The zero-order valence-electron chi connectivity index (χ0n) is 8.34. The fraction of sp³-hybridized carbons (Fsp3) is 0. The van der Waals surface area contributed by atoms with E-state index >= 15 is 0 Å². The Morgan fingerprint density at radius 1 is 1.29 bits per heavy atom. The highest BCUT2D eigenvalue weighted by Crippen LogP contribution is 2.27. The van der Waals surface area contributed by atoms with Gasteiger partial charge in [-0.05, 0) is 40.2 Å². The third-order valence-electron chi connectivity index (χ3n) is 2.04. The average Bonchev–Trinajstić information content (AvgIpc) is 2.70. The lowest BCUT2D eigenvalue weighted by Gasteiger charge is -2.06. The minimum absolute atomic E-state index is 0.324. The average molecular weight is 335 g/mol. The Hall–Kier alpha value is -0.970. The standard InChI is InChI=1S/C11H6BrCl2NO2/c12-10-7(3-4-17-10)11(16)15-9-5-6(13)1-2-8(9)14/h1-5H,(H,15,16). The Morgan fingerprint density at radius 3 is 2.71 bits per heavy atom. The van der Waals surface area contributed by atoms with Gasteiger partial charge >= 0.3 is 0 Å². The molecule has 2 rings (SSSR count). The molecule has 1 N–H and O–H groups in total. The number of amides is 1. The minimum atomic E-state index is -0.324. The van der Waals surface area contributed by atoms with Gasteiger partial charge in [-0.25, -0.2) is 0 Å². The number of carbonyl (C=O) groups is 1. The first-order valence-electron chi connectivity index (χ1n) is 4.57. The second-order valence-electron chi connectivity index (χ2n) is 3.19. The number of benzene rings is 1. The largest absolute Gasteiger partial charge is 0.457 e. The molecule has 88 valence electrons. The second-order valence-corrected chi connectivity index (χ2v) is 4.75. The van der Waals surface area contributed by atoms with Gasteiger partial charge in [-0.3, -0.25) is 4.79 Å². The summed E-state index contributed by atoms with van der Waals surface area (Å²) in [5.74, 6) is -0.324. The van der Waals surface area contributed by atoms with Crippen LogP contribution in [-0.2, 0) is 0 Å². The van der Waals surface area contributed by atoms with Crippen LogP contribution < -0.4 is 5.32 Å². The molecule has 0 saturated heterocycles. The number of furan rings is 1. The van der Waals surface area contributed by atoms with Gasteiger partial charge in [0, 0.05) is 5.02 Å². The molecule has 0 fully saturated rings. The van der Waals surface area contributed by atoms with Gasteiger partial charge in [-0.2, -0.15) is 0 Å². The van der Waals surface area contributed by atoms with Crippen LogP contribution in [0.2, 0.25) is 10.0 Å². The second kappa shape index (κ2) is 5.12. The predicted molar refractivity (Wildman–Crippen MR) is 70.8 cm³/mol. The van der Waals surface area contributed by atoms with Gasteiger partial charge in [0.2, 0.25) is 0 Å². The molecule has 17 heavy (non-hydrogen) atoms. The lowest BCUT2D eigenvalue weighted by molar-refractivity contribution is 0.102. The Bertz CT molecular complexity index is 568. The number of anilines is 1. The molecule has 0 bridgehead atoms. The van der Waals surface area contributed by atoms with E-state index < -0.39 is 0 Å². The maximum absolute atomic E-state index is 11.9. The highest BCUT2D eigenvalue weighted by molar-refractivity contribution is 9.10. The van der Waals surface area contributed by atoms with Crippen molar-refractivity contribution in [2.24, 2.45) is 0 Å². The molecule has 1 aromatic heterocycles. The summed E-state index contributed by atoms with van der Waals surface area (Å²) < 4.78 is 5.34. The zero-order chi connectivity index (χ0) is 12.4. The summed E-state index contributed by atoms with van der Waals surface area (Å²) >= 11 is 14.9. The SMILES string of the molecule is O=C(Nc1cc(Cl)ccc1Cl)c1ccoc1Br. The maximum atomic E-state index is 11.9. The molecule has 0 aliphatic heterocycles. The van der Waals surface area contributed by atoms with Gasteiger partial charge in [0.25, 0.3) is 5.91 Å². The van der Waals surface area contributed by atoms with Crippen molar-refractivity contribution in [3.63, 3.8) is 0 Å². The molecule has 1 aromatic carbocycles. The number of rotatable bonds is 2. The van der Waals surface area contributed by atoms with Gasteiger partial charge in [0.1, 0.15) is 0 Å². The fourth-order valence-electron chi connectivity index (χ4n) is 1.24. The van der Waals surface area contributed by atoms with Crippen LogP contribution in [0.25, 0.3) is 0 Å². The molecular formula is C11H6BrCl2NO2. The molecule has 3 nitrogen and oxygen atoms in total. The van der Waals surface area contributed by atoms with Crippen molar-refractivity contribution in [2.75, 3.05) is 5.32 Å². The van der Waals surface area contributed by atoms with E-state index in [0.29, 0.717) is 26.0 Å². The van der Waals surface area contributed by atoms with E-state index in [9.17, 15) is 4.79 Å². The molecule has 6 heteroatoms. The van der Waals surface area contributed by atoms with Crippen molar-refractivity contribution < 1.29 is 9.21 Å². The van der Waals surface area contributed by atoms with Crippen LogP contribution in [0.4, 0.5) is 5.69 Å². The van der Waals surface area contributed by atoms with Gasteiger partial charge in [-0.15, -0.1) is 0 Å². The molecule has 2 aromatic rings. The van der Waals surface area contributed by atoms with E-state index in [1.165, 1.54) is 6.26 Å². The van der Waals surface area contributed by atoms with E-state index in [1.807, 2.05) is 0 Å². The van der Waals surface area contributed by atoms with Crippen molar-refractivity contribution in [1.29, 1.82) is 0 Å². The van der Waals surface area contributed by atoms with Crippen LogP contribution in [-0.4, -0.2) is 5.91 Å². The van der Waals surface area contributed by atoms with E-state index in [0.717, 1.165) is 0 Å². The van der Waals surface area contributed by atoms with Gasteiger partial charge in [0.15, 0.2) is 4.67 Å². The van der Waals surface area contributed by atoms with Crippen molar-refractivity contribution in [1.82, 2.24) is 0 Å². The van der Waals surface area contributed by atoms with Crippen LogP contribution >= 0.6 is 39.1 Å². The Balaban J connectivity index is 2.24. The number of nitrogens with one attached hydrogen (secondary N) is 1. The van der Waals surface area contributed by atoms with Crippen LogP contribution in [0.15, 0.2) is 39.6 Å². The normalized spacial score (nSPS) is 10.3. The first-order chi connectivity index (χ1) is 8.08. The first kappa shape index (κ1) is 12.5. The first-order valence-corrected chi connectivity index (χ1v) is 6.12. The van der Waals surface area contributed by atoms with Crippen LogP contribution in [0.5, 0.6) is 0 Å². The Morgan fingerprint density at radius 2 is 2.06 bits per heavy atom. The summed E-state index contributed by atoms with van der Waals surface area (Å²) in [7, 11) is 0. The number of hydrogen-bond donors (Lipinski definition) is 1. The molecule has 0 unspecified atom stereocenters. The van der Waals surface area contributed by atoms with E-state index in [2.05, 4.69) is 21.2 Å². The summed E-state index contributed by atoms with van der Waals surface area (Å²) in [6.45, 7) is 0. The Kier molecular flexibility index (Phi) is 3.76. The zero-order valence-corrected chi connectivity index (χ0v) is 11.4. The number of carbonyl (C=O) groups excluding carboxylic acids is 1. The highest BCUT2D eigenvalue weighted by Gasteiger charge is 2.14. The van der Waals surface area contributed by atoms with E-state index in [-0.39, 0.29) is 5.91 Å². The number of hydrogen-bond acceptors (Lipinski definition) is 2. The van der Waals surface area contributed by atoms with Crippen LogP contribution in [0.3, 0.4) is 0 Å². The summed E-state index contributed by atoms with van der Waals surface area (Å²) in [5.41, 5.74) is 0.846. The molecule has 1 heterocycles. The third kappa shape index (κ3) is 2.83. The summed E-state index contributed by atoms with van der Waals surface area (Å²) in [5, 5.41) is 3.56. The molecule has 0 spiro atoms. The molecule has 0 saturated carbocycles.